The summed E-state index contributed by atoms with van der Waals surface area (Å²) in [4.78, 5) is 24.0. The van der Waals surface area contributed by atoms with Crippen LogP contribution in [-0.2, 0) is 12.0 Å². The van der Waals surface area contributed by atoms with Crippen LogP contribution in [0.2, 0.25) is 0 Å². The molecule has 1 amide bonds. The highest BCUT2D eigenvalue weighted by molar-refractivity contribution is 6.04. The number of Topliss-reactive ketones (excluding diaryl/α,β-unsaturated/α-hetero) is 1. The van der Waals surface area contributed by atoms with E-state index in [0.717, 1.165) is 5.69 Å². The summed E-state index contributed by atoms with van der Waals surface area (Å²) in [6, 6.07) is 8.75. The predicted octanol–water partition coefficient (Wildman–Crippen LogP) is 3.66. The molecular weight excluding hydrogens is 290 g/mol. The Morgan fingerprint density at radius 2 is 1.91 bits per heavy atom. The molecule has 5 nitrogen and oxygen atoms in total. The van der Waals surface area contributed by atoms with Gasteiger partial charge in [0, 0.05) is 23.2 Å². The predicted molar refractivity (Wildman–Crippen MR) is 91.0 cm³/mol. The van der Waals surface area contributed by atoms with Gasteiger partial charge < -0.3 is 5.32 Å². The van der Waals surface area contributed by atoms with Gasteiger partial charge in [-0.1, -0.05) is 32.9 Å². The van der Waals surface area contributed by atoms with E-state index >= 15 is 0 Å². The maximum atomic E-state index is 12.6. The molecule has 2 rings (SSSR count). The number of carbonyl (C=O) groups is 2. The highest BCUT2D eigenvalue weighted by Gasteiger charge is 2.22. The zero-order chi connectivity index (χ0) is 17.2. The highest BCUT2D eigenvalue weighted by Crippen LogP contribution is 2.22. The second-order valence-corrected chi connectivity index (χ2v) is 6.57. The number of nitrogens with zero attached hydrogens (tertiary/aromatic N) is 2. The molecule has 1 heterocycles. The molecule has 0 saturated carbocycles. The first kappa shape index (κ1) is 16.9. The van der Waals surface area contributed by atoms with Gasteiger partial charge in [-0.25, -0.2) is 0 Å². The molecule has 0 atom stereocenters. The lowest BCUT2D eigenvalue weighted by molar-refractivity contribution is 0.100. The van der Waals surface area contributed by atoms with Crippen molar-refractivity contribution in [3.05, 3.63) is 47.3 Å². The average molecular weight is 313 g/mol. The van der Waals surface area contributed by atoms with Crippen LogP contribution in [0.4, 0.5) is 5.69 Å². The molecule has 0 bridgehead atoms. The van der Waals surface area contributed by atoms with Gasteiger partial charge in [0.1, 0.15) is 5.69 Å². The number of aromatic nitrogens is 2. The number of hydrogen-bond acceptors (Lipinski definition) is 3. The SMILES string of the molecule is CCn1nc(C(C)(C)C)cc1C(=O)Nc1cccc(C(C)=O)c1. The lowest BCUT2D eigenvalue weighted by atomic mass is 9.92. The Morgan fingerprint density at radius 1 is 1.22 bits per heavy atom. The zero-order valence-electron chi connectivity index (χ0n) is 14.3. The molecule has 0 radical (unpaired) electrons. The van der Waals surface area contributed by atoms with Crippen molar-refractivity contribution >= 4 is 17.4 Å². The largest absolute Gasteiger partial charge is 0.321 e. The van der Waals surface area contributed by atoms with Crippen molar-refractivity contribution in [2.75, 3.05) is 5.32 Å². The maximum Gasteiger partial charge on any atom is 0.273 e. The molecule has 0 spiro atoms. The average Bonchev–Trinajstić information content (AvgIpc) is 2.92. The van der Waals surface area contributed by atoms with Crippen LogP contribution in [0.5, 0.6) is 0 Å². The fourth-order valence-corrected chi connectivity index (χ4v) is 2.22. The Morgan fingerprint density at radius 3 is 2.48 bits per heavy atom. The number of nitrogens with one attached hydrogen (secondary N) is 1. The van der Waals surface area contributed by atoms with Gasteiger partial charge in [-0.3, -0.25) is 14.3 Å². The van der Waals surface area contributed by atoms with Crippen LogP contribution in [-0.4, -0.2) is 21.5 Å². The van der Waals surface area contributed by atoms with Gasteiger partial charge in [-0.05, 0) is 32.0 Å². The molecule has 1 N–H and O–H groups in total. The molecule has 0 fully saturated rings. The first-order chi connectivity index (χ1) is 10.7. The van der Waals surface area contributed by atoms with Crippen molar-refractivity contribution in [2.45, 2.75) is 46.6 Å². The van der Waals surface area contributed by atoms with Crippen molar-refractivity contribution < 1.29 is 9.59 Å². The quantitative estimate of drug-likeness (QED) is 0.876. The molecular formula is C18H23N3O2. The summed E-state index contributed by atoms with van der Waals surface area (Å²) >= 11 is 0. The van der Waals surface area contributed by atoms with Crippen LogP contribution in [0.15, 0.2) is 30.3 Å². The third-order valence-electron chi connectivity index (χ3n) is 3.61. The molecule has 0 saturated heterocycles. The minimum Gasteiger partial charge on any atom is -0.321 e. The second-order valence-electron chi connectivity index (χ2n) is 6.57. The van der Waals surface area contributed by atoms with Gasteiger partial charge in [-0.2, -0.15) is 5.10 Å². The van der Waals surface area contributed by atoms with Gasteiger partial charge in [0.25, 0.3) is 5.91 Å². The van der Waals surface area contributed by atoms with Gasteiger partial charge in [0.15, 0.2) is 5.78 Å². The number of aryl methyl sites for hydroxylation is 1. The topological polar surface area (TPSA) is 64.0 Å². The number of amides is 1. The lowest BCUT2D eigenvalue weighted by Crippen LogP contribution is -2.17. The summed E-state index contributed by atoms with van der Waals surface area (Å²) in [6.07, 6.45) is 0. The molecule has 2 aromatic rings. The molecule has 23 heavy (non-hydrogen) atoms. The van der Waals surface area contributed by atoms with Gasteiger partial charge >= 0.3 is 0 Å². The summed E-state index contributed by atoms with van der Waals surface area (Å²) in [5.74, 6) is -0.259. The summed E-state index contributed by atoms with van der Waals surface area (Å²) < 4.78 is 1.70. The van der Waals surface area contributed by atoms with E-state index in [2.05, 4.69) is 31.2 Å². The first-order valence-corrected chi connectivity index (χ1v) is 7.73. The van der Waals surface area contributed by atoms with E-state index < -0.39 is 0 Å². The monoisotopic (exact) mass is 313 g/mol. The highest BCUT2D eigenvalue weighted by atomic mass is 16.2. The standard InChI is InChI=1S/C18H23N3O2/c1-6-21-15(11-16(20-21)18(3,4)5)17(23)19-14-9-7-8-13(10-14)12(2)22/h7-11H,6H2,1-5H3,(H,19,23). The van der Waals surface area contributed by atoms with Crippen LogP contribution in [0.3, 0.4) is 0 Å². The van der Waals surface area contributed by atoms with Crippen LogP contribution in [0.1, 0.15) is 61.2 Å². The molecule has 0 aliphatic heterocycles. The van der Waals surface area contributed by atoms with Crippen molar-refractivity contribution in [1.82, 2.24) is 9.78 Å². The second kappa shape index (κ2) is 6.36. The summed E-state index contributed by atoms with van der Waals surface area (Å²) in [5.41, 5.74) is 2.45. The number of benzene rings is 1. The van der Waals surface area contributed by atoms with Crippen LogP contribution in [0, 0.1) is 0 Å². The summed E-state index contributed by atoms with van der Waals surface area (Å²) in [7, 11) is 0. The number of carbonyl (C=O) groups excluding carboxylic acids is 2. The Labute approximate surface area is 136 Å². The van der Waals surface area contributed by atoms with E-state index in [1.807, 2.05) is 13.0 Å². The number of rotatable bonds is 4. The molecule has 0 aliphatic rings. The smallest absolute Gasteiger partial charge is 0.273 e. The van der Waals surface area contributed by atoms with Gasteiger partial charge in [0.2, 0.25) is 0 Å². The normalized spacial score (nSPS) is 11.3. The first-order valence-electron chi connectivity index (χ1n) is 7.73. The molecule has 0 aliphatic carbocycles. The van der Waals surface area contributed by atoms with Gasteiger partial charge in [-0.15, -0.1) is 0 Å². The van der Waals surface area contributed by atoms with E-state index in [1.165, 1.54) is 6.92 Å². The van der Waals surface area contributed by atoms with Crippen LogP contribution < -0.4 is 5.32 Å². The summed E-state index contributed by atoms with van der Waals surface area (Å²) in [6.45, 7) is 10.3. The fraction of sp³-hybridized carbons (Fsp3) is 0.389. The van der Waals surface area contributed by atoms with Crippen LogP contribution in [0.25, 0.3) is 0 Å². The Balaban J connectivity index is 2.29. The third kappa shape index (κ3) is 3.86. The molecule has 1 aromatic heterocycles. The van der Waals surface area contributed by atoms with E-state index in [0.29, 0.717) is 23.5 Å². The maximum absolute atomic E-state index is 12.6. The molecule has 1 aromatic carbocycles. The van der Waals surface area contributed by atoms with Crippen molar-refractivity contribution in [3.63, 3.8) is 0 Å². The van der Waals surface area contributed by atoms with E-state index in [1.54, 1.807) is 28.9 Å². The number of ketones is 1. The summed E-state index contributed by atoms with van der Waals surface area (Å²) in [5, 5.41) is 7.35. The van der Waals surface area contributed by atoms with Crippen molar-refractivity contribution in [3.8, 4) is 0 Å². The van der Waals surface area contributed by atoms with E-state index in [-0.39, 0.29) is 17.1 Å². The Kier molecular flexibility index (Phi) is 4.68. The van der Waals surface area contributed by atoms with E-state index in [9.17, 15) is 9.59 Å². The van der Waals surface area contributed by atoms with E-state index in [4.69, 9.17) is 0 Å². The Bertz CT molecular complexity index is 739. The molecule has 122 valence electrons. The van der Waals surface area contributed by atoms with Crippen molar-refractivity contribution in [1.29, 1.82) is 0 Å². The molecule has 5 heteroatoms. The third-order valence-corrected chi connectivity index (χ3v) is 3.61. The number of anilines is 1. The molecule has 0 unspecified atom stereocenters. The number of hydrogen-bond donors (Lipinski definition) is 1. The van der Waals surface area contributed by atoms with Crippen LogP contribution >= 0.6 is 0 Å². The zero-order valence-corrected chi connectivity index (χ0v) is 14.3. The van der Waals surface area contributed by atoms with Gasteiger partial charge in [0.05, 0.1) is 5.69 Å². The lowest BCUT2D eigenvalue weighted by Gasteiger charge is -2.13. The Hall–Kier alpha value is -2.43. The van der Waals surface area contributed by atoms with Crippen molar-refractivity contribution in [2.24, 2.45) is 0 Å². The minimum absolute atomic E-state index is 0.0327. The minimum atomic E-state index is -0.226. The fourth-order valence-electron chi connectivity index (χ4n) is 2.22.